The number of carboxylic acid groups (broad SMARTS) is 1. The number of allylic oxidation sites excluding steroid dienone is 1. The van der Waals surface area contributed by atoms with Crippen molar-refractivity contribution < 1.29 is 19.4 Å². The first kappa shape index (κ1) is 38.6. The molecule has 5 aliphatic rings. The zero-order chi connectivity index (χ0) is 38.6. The Morgan fingerprint density at radius 2 is 1.75 bits per heavy atom. The molecule has 0 amide bonds. The van der Waals surface area contributed by atoms with Crippen molar-refractivity contribution in [1.82, 2.24) is 19.7 Å². The lowest BCUT2D eigenvalue weighted by Crippen LogP contribution is -2.69. The normalized spacial score (nSPS) is 41.4. The molecule has 0 spiro atoms. The van der Waals surface area contributed by atoms with Crippen LogP contribution in [-0.2, 0) is 14.3 Å². The minimum Gasteiger partial charge on any atom is -0.481 e. The lowest BCUT2D eigenvalue weighted by molar-refractivity contribution is -0.253. The molecule has 4 aliphatic carbocycles. The van der Waals surface area contributed by atoms with Crippen LogP contribution in [0.5, 0.6) is 0 Å². The minimum absolute atomic E-state index is 0.115. The third-order valence-corrected chi connectivity index (χ3v) is 17.2. The standard InChI is InChI=1S/C44H67N5O4/c1-27(2)28(3)39(7)18-19-41(9)30-12-13-33-40(8)23-52-25-44(33,31(30)14-17-42(41,10)34(39)37(50)51)22-32(35(40)53-24-43(11,45)38(4,5)6)49-36(47-26-48-49)29-15-20-46-21-16-29/h14-16,20-21,26-28,30,32-35H,12-13,17-19,22-25,45H2,1-11H3,(H,50,51)/t28-,30+,32-,33+,34-,35+,39-,40+,41-,42+,43+,44+/m1/s1. The van der Waals surface area contributed by atoms with E-state index >= 15 is 0 Å². The van der Waals surface area contributed by atoms with E-state index in [1.54, 1.807) is 6.33 Å². The Kier molecular flexibility index (Phi) is 9.26. The molecule has 0 aromatic carbocycles. The number of carboxylic acids is 1. The van der Waals surface area contributed by atoms with Gasteiger partial charge in [-0.05, 0) is 103 Å². The van der Waals surface area contributed by atoms with Gasteiger partial charge in [-0.3, -0.25) is 9.78 Å². The molecule has 2 aromatic heterocycles. The van der Waals surface area contributed by atoms with Gasteiger partial charge < -0.3 is 20.3 Å². The maximum atomic E-state index is 13.6. The fourth-order valence-electron chi connectivity index (χ4n) is 12.8. The summed E-state index contributed by atoms with van der Waals surface area (Å²) in [5, 5.41) is 16.1. The van der Waals surface area contributed by atoms with Gasteiger partial charge in [0.15, 0.2) is 5.82 Å². The van der Waals surface area contributed by atoms with Crippen LogP contribution in [0.3, 0.4) is 0 Å². The SMILES string of the molecule is CC(C)[C@@H](C)[C@@]1(C)CC[C@]2(C)[C@H]3CC[C@@H]4[C@@]5(COC[C@]4(C)[C@@H](OC[C@](C)(N)C(C)(C)C)[C@H](n4ncnc4-c4ccncc4)C5)C3=CC[C@@]2(C)[C@@H]1C(=O)O. The molecule has 1 aliphatic heterocycles. The number of fused-ring (bicyclic) bond motifs is 3. The van der Waals surface area contributed by atoms with Gasteiger partial charge in [-0.2, -0.15) is 5.10 Å². The van der Waals surface area contributed by atoms with E-state index in [1.165, 1.54) is 5.57 Å². The average Bonchev–Trinajstić information content (AvgIpc) is 3.57. The molecule has 0 radical (unpaired) electrons. The summed E-state index contributed by atoms with van der Waals surface area (Å²) in [5.74, 6) is 1.12. The number of ether oxygens (including phenoxy) is 2. The Morgan fingerprint density at radius 3 is 2.40 bits per heavy atom. The number of nitrogens with zero attached hydrogens (tertiary/aromatic N) is 4. The maximum Gasteiger partial charge on any atom is 0.307 e. The highest BCUT2D eigenvalue weighted by Crippen LogP contribution is 2.75. The Morgan fingerprint density at radius 1 is 1.06 bits per heavy atom. The molecule has 3 heterocycles. The van der Waals surface area contributed by atoms with Crippen LogP contribution in [0.25, 0.3) is 11.4 Å². The molecule has 3 saturated carbocycles. The van der Waals surface area contributed by atoms with Crippen LogP contribution in [-0.4, -0.2) is 62.3 Å². The zero-order valence-electron chi connectivity index (χ0n) is 34.4. The third kappa shape index (κ3) is 5.47. The predicted molar refractivity (Wildman–Crippen MR) is 208 cm³/mol. The number of hydrogen-bond donors (Lipinski definition) is 2. The van der Waals surface area contributed by atoms with Gasteiger partial charge in [0, 0.05) is 34.3 Å². The molecule has 2 aromatic rings. The van der Waals surface area contributed by atoms with Gasteiger partial charge >= 0.3 is 5.97 Å². The quantitative estimate of drug-likeness (QED) is 0.259. The summed E-state index contributed by atoms with van der Waals surface area (Å²) in [7, 11) is 0. The summed E-state index contributed by atoms with van der Waals surface area (Å²) in [4.78, 5) is 22.7. The molecule has 7 rings (SSSR count). The van der Waals surface area contributed by atoms with Crippen molar-refractivity contribution in [2.45, 2.75) is 132 Å². The molecule has 53 heavy (non-hydrogen) atoms. The van der Waals surface area contributed by atoms with E-state index in [1.807, 2.05) is 24.5 Å². The first-order valence-electron chi connectivity index (χ1n) is 20.4. The molecule has 292 valence electrons. The van der Waals surface area contributed by atoms with Crippen LogP contribution >= 0.6 is 0 Å². The van der Waals surface area contributed by atoms with Crippen molar-refractivity contribution in [3.8, 4) is 11.4 Å². The lowest BCUT2D eigenvalue weighted by Gasteiger charge is -2.71. The summed E-state index contributed by atoms with van der Waals surface area (Å²) in [6, 6.07) is 3.89. The van der Waals surface area contributed by atoms with E-state index in [0.29, 0.717) is 37.6 Å². The summed E-state index contributed by atoms with van der Waals surface area (Å²) in [6.07, 6.45) is 13.3. The summed E-state index contributed by atoms with van der Waals surface area (Å²) in [6.45, 7) is 26.6. The average molecular weight is 730 g/mol. The molecular formula is C44H67N5O4. The van der Waals surface area contributed by atoms with Crippen LogP contribution in [0.2, 0.25) is 0 Å². The number of aliphatic carboxylic acids is 1. The van der Waals surface area contributed by atoms with Crippen LogP contribution in [0.15, 0.2) is 42.5 Å². The Balaban J connectivity index is 1.35. The van der Waals surface area contributed by atoms with Gasteiger partial charge in [0.2, 0.25) is 0 Å². The molecule has 1 saturated heterocycles. The van der Waals surface area contributed by atoms with Crippen LogP contribution < -0.4 is 5.73 Å². The topological polar surface area (TPSA) is 125 Å². The number of rotatable bonds is 8. The fourth-order valence-corrected chi connectivity index (χ4v) is 12.8. The van der Waals surface area contributed by atoms with Crippen molar-refractivity contribution in [3.63, 3.8) is 0 Å². The van der Waals surface area contributed by atoms with Gasteiger partial charge in [-0.15, -0.1) is 0 Å². The first-order valence-corrected chi connectivity index (χ1v) is 20.4. The van der Waals surface area contributed by atoms with Crippen LogP contribution in [0, 0.1) is 62.1 Å². The van der Waals surface area contributed by atoms with E-state index in [9.17, 15) is 9.90 Å². The molecule has 2 bridgehead atoms. The fraction of sp³-hybridized carbons (Fsp3) is 0.773. The Labute approximate surface area is 318 Å². The Bertz CT molecular complexity index is 1730. The van der Waals surface area contributed by atoms with Crippen molar-refractivity contribution in [3.05, 3.63) is 42.5 Å². The lowest BCUT2D eigenvalue weighted by atomic mass is 9.34. The summed E-state index contributed by atoms with van der Waals surface area (Å²) in [5.41, 5.74) is 7.43. The van der Waals surface area contributed by atoms with Crippen molar-refractivity contribution >= 4 is 5.97 Å². The number of nitrogens with two attached hydrogens (primary N) is 1. The molecule has 9 nitrogen and oxygen atoms in total. The second kappa shape index (κ2) is 12.7. The van der Waals surface area contributed by atoms with Gasteiger partial charge in [0.1, 0.15) is 6.33 Å². The smallest absolute Gasteiger partial charge is 0.307 e. The van der Waals surface area contributed by atoms with E-state index in [0.717, 1.165) is 49.9 Å². The highest BCUT2D eigenvalue weighted by atomic mass is 16.5. The number of pyridine rings is 1. The van der Waals surface area contributed by atoms with Crippen LogP contribution in [0.4, 0.5) is 0 Å². The maximum absolute atomic E-state index is 13.6. The summed E-state index contributed by atoms with van der Waals surface area (Å²) >= 11 is 0. The number of aromatic nitrogens is 4. The molecule has 9 heteroatoms. The number of hydrogen-bond acceptors (Lipinski definition) is 7. The van der Waals surface area contributed by atoms with Gasteiger partial charge in [-0.1, -0.05) is 80.9 Å². The molecular weight excluding hydrogens is 663 g/mol. The van der Waals surface area contributed by atoms with Gasteiger partial charge in [0.25, 0.3) is 0 Å². The second-order valence-corrected chi connectivity index (χ2v) is 20.8. The van der Waals surface area contributed by atoms with E-state index in [2.05, 4.69) is 91.9 Å². The summed E-state index contributed by atoms with van der Waals surface area (Å²) < 4.78 is 16.1. The van der Waals surface area contributed by atoms with Crippen molar-refractivity contribution in [1.29, 1.82) is 0 Å². The monoisotopic (exact) mass is 730 g/mol. The zero-order valence-corrected chi connectivity index (χ0v) is 34.4. The number of carbonyl (C=O) groups is 1. The highest BCUT2D eigenvalue weighted by Gasteiger charge is 2.72. The third-order valence-electron chi connectivity index (χ3n) is 17.2. The molecule has 0 unspecified atom stereocenters. The highest BCUT2D eigenvalue weighted by molar-refractivity contribution is 5.73. The van der Waals surface area contributed by atoms with Crippen molar-refractivity contribution in [2.75, 3.05) is 19.8 Å². The molecule has 4 fully saturated rings. The first-order chi connectivity index (χ1) is 24.7. The van der Waals surface area contributed by atoms with E-state index < -0.39 is 17.4 Å². The van der Waals surface area contributed by atoms with Crippen LogP contribution in [0.1, 0.15) is 121 Å². The molecule has 3 N–H and O–H groups in total. The second-order valence-electron chi connectivity index (χ2n) is 20.8. The largest absolute Gasteiger partial charge is 0.481 e. The minimum atomic E-state index is -0.625. The Hall–Kier alpha value is -2.62. The molecule has 12 atom stereocenters. The van der Waals surface area contributed by atoms with Gasteiger partial charge in [-0.25, -0.2) is 9.67 Å². The van der Waals surface area contributed by atoms with E-state index in [4.69, 9.17) is 25.3 Å². The van der Waals surface area contributed by atoms with Gasteiger partial charge in [0.05, 0.1) is 37.9 Å². The van der Waals surface area contributed by atoms with Crippen molar-refractivity contribution in [2.24, 2.45) is 67.8 Å². The predicted octanol–water partition coefficient (Wildman–Crippen LogP) is 8.62. The van der Waals surface area contributed by atoms with E-state index in [-0.39, 0.29) is 50.6 Å².